The Morgan fingerprint density at radius 2 is 2.05 bits per heavy atom. The van der Waals surface area contributed by atoms with E-state index in [4.69, 9.17) is 5.11 Å². The molecular formula is C16H22O3. The summed E-state index contributed by atoms with van der Waals surface area (Å²) in [5.74, 6) is -0.843. The van der Waals surface area contributed by atoms with E-state index in [-0.39, 0.29) is 6.42 Å². The summed E-state index contributed by atoms with van der Waals surface area (Å²) in [6.07, 6.45) is 7.14. The van der Waals surface area contributed by atoms with Crippen LogP contribution in [0.5, 0.6) is 0 Å². The van der Waals surface area contributed by atoms with Gasteiger partial charge in [0.25, 0.3) is 0 Å². The predicted octanol–water partition coefficient (Wildman–Crippen LogP) is 3.27. The van der Waals surface area contributed by atoms with Gasteiger partial charge in [-0.3, -0.25) is 4.79 Å². The maximum Gasteiger partial charge on any atom is 0.307 e. The first-order valence-electron chi connectivity index (χ1n) is 6.79. The van der Waals surface area contributed by atoms with Crippen LogP contribution in [0.2, 0.25) is 0 Å². The van der Waals surface area contributed by atoms with Crippen LogP contribution in [-0.2, 0) is 11.2 Å². The molecule has 0 saturated carbocycles. The highest BCUT2D eigenvalue weighted by atomic mass is 16.4. The van der Waals surface area contributed by atoms with E-state index in [1.807, 2.05) is 24.3 Å². The normalized spacial score (nSPS) is 12.7. The highest BCUT2D eigenvalue weighted by Crippen LogP contribution is 2.13. The average Bonchev–Trinajstić information content (AvgIpc) is 2.37. The van der Waals surface area contributed by atoms with Gasteiger partial charge in [-0.15, -0.1) is 0 Å². The Kier molecular flexibility index (Phi) is 6.90. The number of carboxylic acid groups (broad SMARTS) is 1. The zero-order chi connectivity index (χ0) is 14.1. The smallest absolute Gasteiger partial charge is 0.307 e. The van der Waals surface area contributed by atoms with Gasteiger partial charge >= 0.3 is 5.97 Å². The topological polar surface area (TPSA) is 57.5 Å². The second kappa shape index (κ2) is 8.48. The second-order valence-corrected chi connectivity index (χ2v) is 4.69. The number of aliphatic hydroxyl groups is 1. The van der Waals surface area contributed by atoms with Crippen LogP contribution in [0.4, 0.5) is 0 Å². The number of benzene rings is 1. The van der Waals surface area contributed by atoms with E-state index in [0.29, 0.717) is 0 Å². The summed E-state index contributed by atoms with van der Waals surface area (Å²) in [4.78, 5) is 10.8. The number of rotatable bonds is 8. The first kappa shape index (κ1) is 15.4. The van der Waals surface area contributed by atoms with Gasteiger partial charge < -0.3 is 10.2 Å². The number of aliphatic carboxylic acids is 1. The average molecular weight is 262 g/mol. The van der Waals surface area contributed by atoms with E-state index in [2.05, 4.69) is 6.92 Å². The Morgan fingerprint density at radius 1 is 1.32 bits per heavy atom. The lowest BCUT2D eigenvalue weighted by Crippen LogP contribution is -2.03. The molecule has 0 saturated heterocycles. The Bertz CT molecular complexity index is 424. The van der Waals surface area contributed by atoms with Crippen LogP contribution in [0.25, 0.3) is 6.08 Å². The van der Waals surface area contributed by atoms with Crippen molar-refractivity contribution in [3.05, 3.63) is 41.5 Å². The molecular weight excluding hydrogens is 240 g/mol. The van der Waals surface area contributed by atoms with Crippen molar-refractivity contribution in [3.63, 3.8) is 0 Å². The first-order valence-corrected chi connectivity index (χ1v) is 6.79. The first-order chi connectivity index (χ1) is 9.13. The van der Waals surface area contributed by atoms with Crippen molar-refractivity contribution < 1.29 is 15.0 Å². The van der Waals surface area contributed by atoms with E-state index in [0.717, 1.165) is 36.8 Å². The van der Waals surface area contributed by atoms with E-state index < -0.39 is 12.1 Å². The second-order valence-electron chi connectivity index (χ2n) is 4.69. The van der Waals surface area contributed by atoms with Gasteiger partial charge in [0, 0.05) is 0 Å². The summed E-state index contributed by atoms with van der Waals surface area (Å²) < 4.78 is 0. The fourth-order valence-corrected chi connectivity index (χ4v) is 1.94. The minimum atomic E-state index is -0.843. The minimum absolute atomic E-state index is 0.00639. The fourth-order valence-electron chi connectivity index (χ4n) is 1.94. The van der Waals surface area contributed by atoms with Gasteiger partial charge in [-0.05, 0) is 17.5 Å². The van der Waals surface area contributed by atoms with Gasteiger partial charge in [-0.2, -0.15) is 0 Å². The Balaban J connectivity index is 2.62. The molecule has 1 atom stereocenters. The number of carbonyl (C=O) groups is 1. The lowest BCUT2D eigenvalue weighted by atomic mass is 10.0. The van der Waals surface area contributed by atoms with E-state index in [1.54, 1.807) is 12.1 Å². The van der Waals surface area contributed by atoms with E-state index in [1.165, 1.54) is 0 Å². The molecule has 0 amide bonds. The summed E-state index contributed by atoms with van der Waals surface area (Å²) in [6.45, 7) is 2.13. The molecule has 0 radical (unpaired) electrons. The molecule has 0 aliphatic rings. The van der Waals surface area contributed by atoms with Crippen LogP contribution in [0.15, 0.2) is 30.3 Å². The summed E-state index contributed by atoms with van der Waals surface area (Å²) in [5, 5.41) is 18.6. The third kappa shape index (κ3) is 6.20. The van der Waals surface area contributed by atoms with Crippen LogP contribution < -0.4 is 0 Å². The number of aliphatic hydroxyl groups excluding tert-OH is 1. The number of hydrogen-bond donors (Lipinski definition) is 2. The molecule has 3 nitrogen and oxygen atoms in total. The summed E-state index contributed by atoms with van der Waals surface area (Å²) in [5.41, 5.74) is 1.63. The molecule has 0 aliphatic heterocycles. The number of carboxylic acids is 1. The molecule has 1 unspecified atom stereocenters. The molecule has 19 heavy (non-hydrogen) atoms. The molecule has 1 aromatic rings. The largest absolute Gasteiger partial charge is 0.481 e. The van der Waals surface area contributed by atoms with Crippen LogP contribution in [-0.4, -0.2) is 22.3 Å². The number of hydrogen-bond acceptors (Lipinski definition) is 2. The highest BCUT2D eigenvalue weighted by Gasteiger charge is 2.04. The van der Waals surface area contributed by atoms with Crippen molar-refractivity contribution in [2.24, 2.45) is 0 Å². The van der Waals surface area contributed by atoms with Gasteiger partial charge in [0.05, 0.1) is 12.5 Å². The zero-order valence-electron chi connectivity index (χ0n) is 11.4. The molecule has 0 heterocycles. The lowest BCUT2D eigenvalue weighted by Gasteiger charge is -2.06. The molecule has 1 rings (SSSR count). The molecule has 0 aromatic heterocycles. The van der Waals surface area contributed by atoms with Gasteiger partial charge in [0.15, 0.2) is 0 Å². The van der Waals surface area contributed by atoms with Crippen LogP contribution in [0, 0.1) is 0 Å². The van der Waals surface area contributed by atoms with Crippen LogP contribution >= 0.6 is 0 Å². The van der Waals surface area contributed by atoms with E-state index >= 15 is 0 Å². The number of unbranched alkanes of at least 4 members (excludes halogenated alkanes) is 2. The zero-order valence-corrected chi connectivity index (χ0v) is 11.4. The third-order valence-corrected chi connectivity index (χ3v) is 3.00. The summed E-state index contributed by atoms with van der Waals surface area (Å²) >= 11 is 0. The highest BCUT2D eigenvalue weighted by molar-refractivity contribution is 5.72. The summed E-state index contributed by atoms with van der Waals surface area (Å²) in [7, 11) is 0. The van der Waals surface area contributed by atoms with Crippen molar-refractivity contribution in [1.29, 1.82) is 0 Å². The lowest BCUT2D eigenvalue weighted by molar-refractivity contribution is -0.136. The third-order valence-electron chi connectivity index (χ3n) is 3.00. The molecule has 0 aliphatic carbocycles. The molecule has 0 spiro atoms. The van der Waals surface area contributed by atoms with Gasteiger partial charge in [0.2, 0.25) is 0 Å². The molecule has 0 bridgehead atoms. The van der Waals surface area contributed by atoms with Crippen LogP contribution in [0.3, 0.4) is 0 Å². The van der Waals surface area contributed by atoms with Crippen molar-refractivity contribution in [1.82, 2.24) is 0 Å². The Morgan fingerprint density at radius 3 is 2.74 bits per heavy atom. The Hall–Kier alpha value is -1.61. The molecule has 104 valence electrons. The standard InChI is InChI=1S/C16H22O3/c1-2-3-4-9-15(17)11-10-13-7-5-6-8-14(13)12-16(18)19/h5-8,10-11,15,17H,2-4,9,12H2,1H3,(H,18,19)/b11-10+. The fraction of sp³-hybridized carbons (Fsp3) is 0.438. The molecule has 0 fully saturated rings. The van der Waals surface area contributed by atoms with Gasteiger partial charge in [0.1, 0.15) is 0 Å². The quantitative estimate of drug-likeness (QED) is 0.707. The predicted molar refractivity (Wildman–Crippen MR) is 77.0 cm³/mol. The monoisotopic (exact) mass is 262 g/mol. The Labute approximate surface area is 114 Å². The van der Waals surface area contributed by atoms with Crippen LogP contribution in [0.1, 0.15) is 43.7 Å². The SMILES string of the molecule is CCCCCC(O)/C=C/c1ccccc1CC(=O)O. The van der Waals surface area contributed by atoms with Gasteiger partial charge in [-0.25, -0.2) is 0 Å². The van der Waals surface area contributed by atoms with Crippen molar-refractivity contribution >= 4 is 12.0 Å². The maximum atomic E-state index is 10.8. The van der Waals surface area contributed by atoms with Crippen molar-refractivity contribution in [3.8, 4) is 0 Å². The van der Waals surface area contributed by atoms with Crippen molar-refractivity contribution in [2.45, 2.75) is 45.1 Å². The molecule has 2 N–H and O–H groups in total. The van der Waals surface area contributed by atoms with Crippen molar-refractivity contribution in [2.75, 3.05) is 0 Å². The van der Waals surface area contributed by atoms with E-state index in [9.17, 15) is 9.90 Å². The minimum Gasteiger partial charge on any atom is -0.481 e. The maximum absolute atomic E-state index is 10.8. The molecule has 1 aromatic carbocycles. The van der Waals surface area contributed by atoms with Gasteiger partial charge in [-0.1, -0.05) is 62.6 Å². The molecule has 3 heteroatoms. The summed E-state index contributed by atoms with van der Waals surface area (Å²) in [6, 6.07) is 7.37.